The van der Waals surface area contributed by atoms with Crippen LogP contribution >= 0.6 is 0 Å². The molecule has 2 rings (SSSR count). The molecule has 0 aromatic heterocycles. The van der Waals surface area contributed by atoms with Gasteiger partial charge >= 0.3 is 5.97 Å². The van der Waals surface area contributed by atoms with Crippen LogP contribution in [-0.4, -0.2) is 42.7 Å². The van der Waals surface area contributed by atoms with E-state index in [0.717, 1.165) is 0 Å². The Balaban J connectivity index is 2.46. The van der Waals surface area contributed by atoms with Crippen molar-refractivity contribution in [2.24, 2.45) is 0 Å². The van der Waals surface area contributed by atoms with Gasteiger partial charge < -0.3 is 20.1 Å². The molecule has 6 nitrogen and oxygen atoms in total. The van der Waals surface area contributed by atoms with Gasteiger partial charge in [0.05, 0.1) is 17.8 Å². The second-order valence-corrected chi connectivity index (χ2v) is 5.14. The third-order valence-electron chi connectivity index (χ3n) is 3.48. The van der Waals surface area contributed by atoms with Crippen LogP contribution in [0.4, 0.5) is 5.69 Å². The molecule has 1 aromatic carbocycles. The molecule has 1 aliphatic rings. The predicted molar refractivity (Wildman–Crippen MR) is 74.4 cm³/mol. The Morgan fingerprint density at radius 2 is 2.10 bits per heavy atom. The van der Waals surface area contributed by atoms with Crippen LogP contribution in [0.2, 0.25) is 0 Å². The molecule has 20 heavy (non-hydrogen) atoms. The minimum Gasteiger partial charge on any atom is -0.489 e. The summed E-state index contributed by atoms with van der Waals surface area (Å²) in [6.45, 7) is 4.25. The molecule has 0 radical (unpaired) electrons. The number of likely N-dealkylation sites (N-methyl/N-ethyl adjacent to an activating group) is 1. The summed E-state index contributed by atoms with van der Waals surface area (Å²) < 4.78 is 5.45. The van der Waals surface area contributed by atoms with Crippen LogP contribution in [0.15, 0.2) is 18.2 Å². The van der Waals surface area contributed by atoms with E-state index in [-0.39, 0.29) is 23.8 Å². The number of rotatable bonds is 3. The SMILES string of the molecule is CNC(C)(C)C(=O)N1CCOc2c(C(=O)O)cccc21. The molecule has 2 N–H and O–H groups in total. The first-order valence-electron chi connectivity index (χ1n) is 6.38. The lowest BCUT2D eigenvalue weighted by molar-refractivity contribution is -0.123. The molecule has 0 fully saturated rings. The van der Waals surface area contributed by atoms with Gasteiger partial charge in [0.25, 0.3) is 0 Å². The number of amides is 1. The van der Waals surface area contributed by atoms with E-state index in [4.69, 9.17) is 4.74 Å². The number of carbonyl (C=O) groups excluding carboxylic acids is 1. The van der Waals surface area contributed by atoms with Crippen LogP contribution in [-0.2, 0) is 4.79 Å². The maximum Gasteiger partial charge on any atom is 0.339 e. The molecule has 1 heterocycles. The highest BCUT2D eigenvalue weighted by Gasteiger charge is 2.35. The zero-order valence-corrected chi connectivity index (χ0v) is 11.8. The fourth-order valence-corrected chi connectivity index (χ4v) is 2.07. The number of anilines is 1. The molecule has 0 atom stereocenters. The Bertz CT molecular complexity index is 554. The number of nitrogens with one attached hydrogen (secondary N) is 1. The highest BCUT2D eigenvalue weighted by Crippen LogP contribution is 2.35. The summed E-state index contributed by atoms with van der Waals surface area (Å²) in [5.74, 6) is -0.928. The predicted octanol–water partition coefficient (Wildman–Crippen LogP) is 1.11. The number of aromatic carboxylic acids is 1. The zero-order valence-electron chi connectivity index (χ0n) is 11.8. The molecule has 1 amide bonds. The first kappa shape index (κ1) is 14.3. The highest BCUT2D eigenvalue weighted by molar-refractivity contribution is 6.03. The monoisotopic (exact) mass is 278 g/mol. The minimum atomic E-state index is -1.07. The van der Waals surface area contributed by atoms with Crippen molar-refractivity contribution in [2.45, 2.75) is 19.4 Å². The Morgan fingerprint density at radius 3 is 2.70 bits per heavy atom. The normalized spacial score (nSPS) is 14.4. The van der Waals surface area contributed by atoms with E-state index < -0.39 is 11.5 Å². The Kier molecular flexibility index (Phi) is 3.67. The average Bonchev–Trinajstić information content (AvgIpc) is 2.45. The van der Waals surface area contributed by atoms with E-state index in [1.807, 2.05) is 0 Å². The lowest BCUT2D eigenvalue weighted by atomic mass is 10.0. The number of para-hydroxylation sites is 1. The minimum absolute atomic E-state index is 0.0715. The van der Waals surface area contributed by atoms with Gasteiger partial charge in [-0.2, -0.15) is 0 Å². The zero-order chi connectivity index (χ0) is 14.9. The van der Waals surface area contributed by atoms with Crippen LogP contribution in [0.5, 0.6) is 5.75 Å². The molecule has 0 unspecified atom stereocenters. The molecule has 1 aromatic rings. The number of nitrogens with zero attached hydrogens (tertiary/aromatic N) is 1. The summed E-state index contributed by atoms with van der Waals surface area (Å²) in [5, 5.41) is 12.1. The fraction of sp³-hybridized carbons (Fsp3) is 0.429. The number of benzene rings is 1. The van der Waals surface area contributed by atoms with Crippen LogP contribution in [0.25, 0.3) is 0 Å². The smallest absolute Gasteiger partial charge is 0.339 e. The number of carbonyl (C=O) groups is 2. The third kappa shape index (κ3) is 2.34. The van der Waals surface area contributed by atoms with Crippen molar-refractivity contribution in [1.82, 2.24) is 5.32 Å². The number of hydrogen-bond donors (Lipinski definition) is 2. The average molecular weight is 278 g/mol. The number of ether oxygens (including phenoxy) is 1. The molecule has 108 valence electrons. The Labute approximate surface area is 117 Å². The summed E-state index contributed by atoms with van der Waals surface area (Å²) in [7, 11) is 1.72. The van der Waals surface area contributed by atoms with Gasteiger partial charge in [-0.25, -0.2) is 4.79 Å². The van der Waals surface area contributed by atoms with E-state index in [2.05, 4.69) is 5.32 Å². The number of fused-ring (bicyclic) bond motifs is 1. The molecule has 0 spiro atoms. The number of carboxylic acids is 1. The lowest BCUT2D eigenvalue weighted by Gasteiger charge is -2.35. The van der Waals surface area contributed by atoms with Gasteiger partial charge in [0, 0.05) is 0 Å². The van der Waals surface area contributed by atoms with Crippen LogP contribution in [0.1, 0.15) is 24.2 Å². The van der Waals surface area contributed by atoms with Gasteiger partial charge in [0.1, 0.15) is 12.2 Å². The van der Waals surface area contributed by atoms with E-state index in [9.17, 15) is 14.7 Å². The van der Waals surface area contributed by atoms with Crippen molar-refractivity contribution in [2.75, 3.05) is 25.1 Å². The first-order chi connectivity index (χ1) is 9.38. The van der Waals surface area contributed by atoms with Crippen molar-refractivity contribution in [3.8, 4) is 5.75 Å². The maximum atomic E-state index is 12.6. The quantitative estimate of drug-likeness (QED) is 0.866. The van der Waals surface area contributed by atoms with Crippen LogP contribution in [0, 0.1) is 0 Å². The summed E-state index contributed by atoms with van der Waals surface area (Å²) in [4.78, 5) is 25.3. The topological polar surface area (TPSA) is 78.9 Å². The largest absolute Gasteiger partial charge is 0.489 e. The molecule has 0 saturated carbocycles. The second kappa shape index (κ2) is 5.13. The second-order valence-electron chi connectivity index (χ2n) is 5.14. The molecular formula is C14H18N2O4. The maximum absolute atomic E-state index is 12.6. The first-order valence-corrected chi connectivity index (χ1v) is 6.38. The highest BCUT2D eigenvalue weighted by atomic mass is 16.5. The van der Waals surface area contributed by atoms with Crippen molar-refractivity contribution < 1.29 is 19.4 Å². The van der Waals surface area contributed by atoms with Gasteiger partial charge in [0.2, 0.25) is 5.91 Å². The van der Waals surface area contributed by atoms with E-state index in [1.165, 1.54) is 6.07 Å². The van der Waals surface area contributed by atoms with E-state index >= 15 is 0 Å². The molecule has 0 bridgehead atoms. The number of carboxylic acid groups (broad SMARTS) is 1. The summed E-state index contributed by atoms with van der Waals surface area (Å²) >= 11 is 0. The van der Waals surface area contributed by atoms with Gasteiger partial charge in [-0.15, -0.1) is 0 Å². The van der Waals surface area contributed by atoms with Crippen molar-refractivity contribution >= 4 is 17.6 Å². The van der Waals surface area contributed by atoms with Gasteiger partial charge in [0.15, 0.2) is 5.75 Å². The van der Waals surface area contributed by atoms with Gasteiger partial charge in [-0.3, -0.25) is 4.79 Å². The standard InChI is InChI=1S/C14H18N2O4/c1-14(2,15-3)13(19)16-7-8-20-11-9(12(17)18)5-4-6-10(11)16/h4-6,15H,7-8H2,1-3H3,(H,17,18). The molecule has 6 heteroatoms. The Hall–Kier alpha value is -2.08. The van der Waals surface area contributed by atoms with Crippen LogP contribution in [0.3, 0.4) is 0 Å². The Morgan fingerprint density at radius 1 is 1.40 bits per heavy atom. The van der Waals surface area contributed by atoms with E-state index in [0.29, 0.717) is 12.2 Å². The molecule has 0 aliphatic carbocycles. The molecule has 0 saturated heterocycles. The van der Waals surface area contributed by atoms with Crippen molar-refractivity contribution in [3.63, 3.8) is 0 Å². The van der Waals surface area contributed by atoms with Gasteiger partial charge in [-0.05, 0) is 33.0 Å². The molecular weight excluding hydrogens is 260 g/mol. The van der Waals surface area contributed by atoms with Gasteiger partial charge in [-0.1, -0.05) is 6.07 Å². The fourth-order valence-electron chi connectivity index (χ4n) is 2.07. The van der Waals surface area contributed by atoms with Crippen molar-refractivity contribution in [1.29, 1.82) is 0 Å². The lowest BCUT2D eigenvalue weighted by Crippen LogP contribution is -2.54. The summed E-state index contributed by atoms with van der Waals surface area (Å²) in [5.41, 5.74) is -0.153. The van der Waals surface area contributed by atoms with Crippen molar-refractivity contribution in [3.05, 3.63) is 23.8 Å². The van der Waals surface area contributed by atoms with E-state index in [1.54, 1.807) is 37.9 Å². The number of hydrogen-bond acceptors (Lipinski definition) is 4. The third-order valence-corrected chi connectivity index (χ3v) is 3.48. The summed E-state index contributed by atoms with van der Waals surface area (Å²) in [6, 6.07) is 4.78. The summed E-state index contributed by atoms with van der Waals surface area (Å²) in [6.07, 6.45) is 0. The van der Waals surface area contributed by atoms with Crippen LogP contribution < -0.4 is 15.0 Å². The molecule has 1 aliphatic heterocycles.